The summed E-state index contributed by atoms with van der Waals surface area (Å²) in [6.45, 7) is 4.23. The molecule has 20 heavy (non-hydrogen) atoms. The average molecular weight is 275 g/mol. The van der Waals surface area contributed by atoms with E-state index < -0.39 is 0 Å². The molecule has 0 saturated heterocycles. The first kappa shape index (κ1) is 14.9. The van der Waals surface area contributed by atoms with E-state index in [2.05, 4.69) is 12.2 Å². The van der Waals surface area contributed by atoms with Crippen LogP contribution in [-0.4, -0.2) is 19.1 Å². The van der Waals surface area contributed by atoms with Crippen molar-refractivity contribution in [3.63, 3.8) is 0 Å². The van der Waals surface area contributed by atoms with Crippen LogP contribution in [0.15, 0.2) is 18.2 Å². The molecule has 0 atom stereocenters. The molecule has 0 aliphatic heterocycles. The van der Waals surface area contributed by atoms with E-state index in [1.54, 1.807) is 7.11 Å². The third-order valence-electron chi connectivity index (χ3n) is 4.43. The van der Waals surface area contributed by atoms with Gasteiger partial charge >= 0.3 is 0 Å². The average Bonchev–Trinajstić information content (AvgIpc) is 2.48. The van der Waals surface area contributed by atoms with Crippen LogP contribution in [0.2, 0.25) is 0 Å². The Labute approximate surface area is 121 Å². The summed E-state index contributed by atoms with van der Waals surface area (Å²) in [6.07, 6.45) is 5.94. The minimum atomic E-state index is 0.0169. The Morgan fingerprint density at radius 1 is 1.30 bits per heavy atom. The molecule has 0 spiro atoms. The number of hydrogen-bond donors (Lipinski definition) is 1. The summed E-state index contributed by atoms with van der Waals surface area (Å²) in [5.41, 5.74) is 1.73. The second-order valence-corrected chi connectivity index (χ2v) is 5.78. The maximum Gasteiger partial charge on any atom is 0.251 e. The van der Waals surface area contributed by atoms with Gasteiger partial charge < -0.3 is 10.1 Å². The van der Waals surface area contributed by atoms with Gasteiger partial charge in [0.15, 0.2) is 0 Å². The van der Waals surface area contributed by atoms with Crippen LogP contribution in [0.3, 0.4) is 0 Å². The molecule has 0 bridgehead atoms. The molecule has 1 aromatic carbocycles. The SMILES string of the molecule is CCC1CCC(NC(=O)c2ccc(C)c(OC)c2)CC1. The van der Waals surface area contributed by atoms with Gasteiger partial charge in [-0.2, -0.15) is 0 Å². The molecule has 3 nitrogen and oxygen atoms in total. The quantitative estimate of drug-likeness (QED) is 0.910. The molecule has 1 amide bonds. The molecular formula is C17H25NO2. The van der Waals surface area contributed by atoms with E-state index in [1.165, 1.54) is 19.3 Å². The van der Waals surface area contributed by atoms with Crippen molar-refractivity contribution >= 4 is 5.91 Å². The maximum absolute atomic E-state index is 12.3. The van der Waals surface area contributed by atoms with Gasteiger partial charge in [0.25, 0.3) is 5.91 Å². The fourth-order valence-electron chi connectivity index (χ4n) is 2.95. The normalized spacial score (nSPS) is 22.4. The molecule has 1 aliphatic carbocycles. The number of aryl methyl sites for hydroxylation is 1. The molecule has 110 valence electrons. The van der Waals surface area contributed by atoms with E-state index in [-0.39, 0.29) is 5.91 Å². The smallest absolute Gasteiger partial charge is 0.251 e. The van der Waals surface area contributed by atoms with E-state index >= 15 is 0 Å². The summed E-state index contributed by atoms with van der Waals surface area (Å²) in [4.78, 5) is 12.3. The molecule has 1 aromatic rings. The molecule has 1 saturated carbocycles. The summed E-state index contributed by atoms with van der Waals surface area (Å²) in [5.74, 6) is 1.64. The number of methoxy groups -OCH3 is 1. The lowest BCUT2D eigenvalue weighted by atomic mass is 9.84. The van der Waals surface area contributed by atoms with Crippen molar-refractivity contribution in [2.45, 2.75) is 52.0 Å². The second-order valence-electron chi connectivity index (χ2n) is 5.78. The lowest BCUT2D eigenvalue weighted by Gasteiger charge is -2.28. The Morgan fingerprint density at radius 2 is 2.00 bits per heavy atom. The van der Waals surface area contributed by atoms with Crippen LogP contribution in [0.4, 0.5) is 0 Å². The van der Waals surface area contributed by atoms with Crippen molar-refractivity contribution in [1.82, 2.24) is 5.32 Å². The van der Waals surface area contributed by atoms with Crippen molar-refractivity contribution in [2.24, 2.45) is 5.92 Å². The summed E-state index contributed by atoms with van der Waals surface area (Å²) in [7, 11) is 1.63. The Bertz CT molecular complexity index is 462. The van der Waals surface area contributed by atoms with Crippen LogP contribution in [0.25, 0.3) is 0 Å². The van der Waals surface area contributed by atoms with Gasteiger partial charge in [-0.05, 0) is 56.2 Å². The number of amides is 1. The standard InChI is InChI=1S/C17H25NO2/c1-4-13-6-9-15(10-7-13)18-17(19)14-8-5-12(2)16(11-14)20-3/h5,8,11,13,15H,4,6-7,9-10H2,1-3H3,(H,18,19). The van der Waals surface area contributed by atoms with Gasteiger partial charge in [-0.3, -0.25) is 4.79 Å². The topological polar surface area (TPSA) is 38.3 Å². The van der Waals surface area contributed by atoms with Gasteiger partial charge in [0.05, 0.1) is 7.11 Å². The second kappa shape index (κ2) is 6.78. The molecule has 3 heteroatoms. The molecule has 1 aliphatic rings. The van der Waals surface area contributed by atoms with Gasteiger partial charge in [0.2, 0.25) is 0 Å². The predicted molar refractivity (Wildman–Crippen MR) is 81.2 cm³/mol. The van der Waals surface area contributed by atoms with Gasteiger partial charge in [-0.25, -0.2) is 0 Å². The first-order valence-electron chi connectivity index (χ1n) is 7.59. The number of ether oxygens (including phenoxy) is 1. The maximum atomic E-state index is 12.3. The molecule has 0 heterocycles. The first-order chi connectivity index (χ1) is 9.63. The van der Waals surface area contributed by atoms with Gasteiger partial charge in [-0.1, -0.05) is 19.4 Å². The highest BCUT2D eigenvalue weighted by molar-refractivity contribution is 5.94. The molecule has 1 N–H and O–H groups in total. The summed E-state index contributed by atoms with van der Waals surface area (Å²) >= 11 is 0. The van der Waals surface area contributed by atoms with E-state index in [0.717, 1.165) is 30.1 Å². The van der Waals surface area contributed by atoms with Crippen molar-refractivity contribution in [3.05, 3.63) is 29.3 Å². The molecule has 0 unspecified atom stereocenters. The van der Waals surface area contributed by atoms with Gasteiger partial charge in [0.1, 0.15) is 5.75 Å². The lowest BCUT2D eigenvalue weighted by Crippen LogP contribution is -2.37. The number of rotatable bonds is 4. The Hall–Kier alpha value is -1.51. The largest absolute Gasteiger partial charge is 0.496 e. The third-order valence-corrected chi connectivity index (χ3v) is 4.43. The number of hydrogen-bond acceptors (Lipinski definition) is 2. The van der Waals surface area contributed by atoms with Gasteiger partial charge in [-0.15, -0.1) is 0 Å². The van der Waals surface area contributed by atoms with E-state index in [1.807, 2.05) is 25.1 Å². The van der Waals surface area contributed by atoms with Crippen LogP contribution in [-0.2, 0) is 0 Å². The third kappa shape index (κ3) is 3.53. The zero-order valence-electron chi connectivity index (χ0n) is 12.7. The van der Waals surface area contributed by atoms with E-state index in [4.69, 9.17) is 4.74 Å². The van der Waals surface area contributed by atoms with Crippen LogP contribution in [0.1, 0.15) is 54.9 Å². The monoisotopic (exact) mass is 275 g/mol. The zero-order valence-corrected chi connectivity index (χ0v) is 12.7. The van der Waals surface area contributed by atoms with E-state index in [9.17, 15) is 4.79 Å². The summed E-state index contributed by atoms with van der Waals surface area (Å²) in [5, 5.41) is 3.16. The first-order valence-corrected chi connectivity index (χ1v) is 7.59. The predicted octanol–water partition coefficient (Wildman–Crippen LogP) is 3.70. The molecule has 2 rings (SSSR count). The van der Waals surface area contributed by atoms with E-state index in [0.29, 0.717) is 11.6 Å². The number of carbonyl (C=O) groups is 1. The molecule has 0 aromatic heterocycles. The van der Waals surface area contributed by atoms with Crippen molar-refractivity contribution in [1.29, 1.82) is 0 Å². The lowest BCUT2D eigenvalue weighted by molar-refractivity contribution is 0.0921. The van der Waals surface area contributed by atoms with Crippen LogP contribution >= 0.6 is 0 Å². The van der Waals surface area contributed by atoms with Gasteiger partial charge in [0, 0.05) is 11.6 Å². The van der Waals surface area contributed by atoms with Crippen LogP contribution in [0, 0.1) is 12.8 Å². The van der Waals surface area contributed by atoms with Crippen molar-refractivity contribution < 1.29 is 9.53 Å². The summed E-state index contributed by atoms with van der Waals surface area (Å²) < 4.78 is 5.27. The molecular weight excluding hydrogens is 250 g/mol. The van der Waals surface area contributed by atoms with Crippen LogP contribution < -0.4 is 10.1 Å². The minimum absolute atomic E-state index is 0.0169. The summed E-state index contributed by atoms with van der Waals surface area (Å²) in [6, 6.07) is 5.95. The highest BCUT2D eigenvalue weighted by atomic mass is 16.5. The number of nitrogens with one attached hydrogen (secondary N) is 1. The Kier molecular flexibility index (Phi) is 5.05. The molecule has 0 radical (unpaired) electrons. The highest BCUT2D eigenvalue weighted by Gasteiger charge is 2.21. The van der Waals surface area contributed by atoms with Crippen molar-refractivity contribution in [2.75, 3.05) is 7.11 Å². The zero-order chi connectivity index (χ0) is 14.5. The number of carbonyl (C=O) groups excluding carboxylic acids is 1. The Morgan fingerprint density at radius 3 is 2.60 bits per heavy atom. The minimum Gasteiger partial charge on any atom is -0.496 e. The highest BCUT2D eigenvalue weighted by Crippen LogP contribution is 2.27. The number of benzene rings is 1. The Balaban J connectivity index is 1.95. The fourth-order valence-corrected chi connectivity index (χ4v) is 2.95. The van der Waals surface area contributed by atoms with Crippen molar-refractivity contribution in [3.8, 4) is 5.75 Å². The molecule has 1 fully saturated rings. The fraction of sp³-hybridized carbons (Fsp3) is 0.588. The van der Waals surface area contributed by atoms with Crippen LogP contribution in [0.5, 0.6) is 5.75 Å².